The first kappa shape index (κ1) is 18.9. The van der Waals surface area contributed by atoms with Crippen LogP contribution in [-0.4, -0.2) is 41.4 Å². The molecule has 1 saturated heterocycles. The molecule has 0 spiro atoms. The molecule has 1 aliphatic heterocycles. The molecule has 0 atom stereocenters. The van der Waals surface area contributed by atoms with Crippen molar-refractivity contribution < 1.29 is 14.4 Å². The summed E-state index contributed by atoms with van der Waals surface area (Å²) < 4.78 is 0. The molecular formula is C17H21ClN4O3. The summed E-state index contributed by atoms with van der Waals surface area (Å²) in [6.45, 7) is 2.80. The summed E-state index contributed by atoms with van der Waals surface area (Å²) in [6, 6.07) is 6.71. The minimum atomic E-state index is -0.778. The fourth-order valence-electron chi connectivity index (χ4n) is 2.44. The van der Waals surface area contributed by atoms with Gasteiger partial charge in [-0.3, -0.25) is 14.4 Å². The Bertz CT molecular complexity index is 667. The number of rotatable bonds is 4. The van der Waals surface area contributed by atoms with Crippen molar-refractivity contribution in [2.24, 2.45) is 5.10 Å². The highest BCUT2D eigenvalue weighted by atomic mass is 35.5. The number of halogens is 1. The lowest BCUT2D eigenvalue weighted by atomic mass is 10.1. The summed E-state index contributed by atoms with van der Waals surface area (Å²) in [5, 5.41) is 7.10. The van der Waals surface area contributed by atoms with E-state index in [1.165, 1.54) is 4.90 Å². The van der Waals surface area contributed by atoms with Crippen LogP contribution in [0.25, 0.3) is 0 Å². The van der Waals surface area contributed by atoms with Gasteiger partial charge in [-0.25, -0.2) is 5.43 Å². The third-order valence-corrected chi connectivity index (χ3v) is 3.98. The van der Waals surface area contributed by atoms with Crippen LogP contribution in [0.15, 0.2) is 29.4 Å². The maximum absolute atomic E-state index is 12.0. The molecule has 25 heavy (non-hydrogen) atoms. The van der Waals surface area contributed by atoms with Gasteiger partial charge >= 0.3 is 11.8 Å². The molecule has 134 valence electrons. The summed E-state index contributed by atoms with van der Waals surface area (Å²) in [6.07, 6.45) is 2.89. The summed E-state index contributed by atoms with van der Waals surface area (Å²) in [5.41, 5.74) is 3.23. The molecule has 1 aromatic carbocycles. The largest absolute Gasteiger partial charge is 0.334 e. The van der Waals surface area contributed by atoms with Gasteiger partial charge in [0.15, 0.2) is 0 Å². The van der Waals surface area contributed by atoms with Crippen LogP contribution >= 0.6 is 11.6 Å². The van der Waals surface area contributed by atoms with Gasteiger partial charge in [-0.2, -0.15) is 5.10 Å². The predicted octanol–water partition coefficient (Wildman–Crippen LogP) is 2.17. The Balaban J connectivity index is 1.79. The van der Waals surface area contributed by atoms with E-state index < -0.39 is 11.8 Å². The molecule has 2 rings (SSSR count). The Morgan fingerprint density at radius 3 is 2.40 bits per heavy atom. The van der Waals surface area contributed by atoms with Crippen molar-refractivity contribution in [1.82, 2.24) is 10.3 Å². The predicted molar refractivity (Wildman–Crippen MR) is 96.4 cm³/mol. The first-order valence-electron chi connectivity index (χ1n) is 8.13. The zero-order valence-corrected chi connectivity index (χ0v) is 14.8. The number of benzene rings is 1. The third kappa shape index (κ3) is 6.19. The summed E-state index contributed by atoms with van der Waals surface area (Å²) in [5.74, 6) is -1.64. The van der Waals surface area contributed by atoms with E-state index in [9.17, 15) is 14.4 Å². The third-order valence-electron chi connectivity index (χ3n) is 3.73. The van der Waals surface area contributed by atoms with Crippen LogP contribution in [0.2, 0.25) is 5.02 Å². The molecule has 1 aliphatic rings. The smallest absolute Gasteiger partial charge is 0.329 e. The lowest BCUT2D eigenvalue weighted by molar-refractivity contribution is -0.146. The van der Waals surface area contributed by atoms with E-state index in [1.54, 1.807) is 31.2 Å². The van der Waals surface area contributed by atoms with Crippen LogP contribution in [0.1, 0.15) is 32.6 Å². The molecule has 0 radical (unpaired) electrons. The number of carbonyl (C=O) groups excluding carboxylic acids is 3. The number of hydrogen-bond donors (Lipinski definition) is 2. The minimum absolute atomic E-state index is 0.000805. The van der Waals surface area contributed by atoms with Gasteiger partial charge in [0.25, 0.3) is 0 Å². The average Bonchev–Trinajstić information content (AvgIpc) is 2.61. The van der Waals surface area contributed by atoms with Crippen LogP contribution in [0.4, 0.5) is 5.69 Å². The van der Waals surface area contributed by atoms with Crippen molar-refractivity contribution in [3.8, 4) is 0 Å². The van der Waals surface area contributed by atoms with Crippen LogP contribution in [0.3, 0.4) is 0 Å². The maximum Gasteiger partial charge on any atom is 0.329 e. The Hall–Kier alpha value is -2.41. The van der Waals surface area contributed by atoms with Crippen LogP contribution in [0, 0.1) is 0 Å². The number of likely N-dealkylation sites (tertiary alicyclic amines) is 1. The van der Waals surface area contributed by atoms with Gasteiger partial charge in [0.2, 0.25) is 5.91 Å². The molecule has 1 fully saturated rings. The highest BCUT2D eigenvalue weighted by molar-refractivity contribution is 6.35. The van der Waals surface area contributed by atoms with E-state index in [0.29, 0.717) is 29.5 Å². The topological polar surface area (TPSA) is 90.9 Å². The lowest BCUT2D eigenvalue weighted by Crippen LogP contribution is -2.44. The normalized spacial score (nSPS) is 14.8. The van der Waals surface area contributed by atoms with Gasteiger partial charge in [0.1, 0.15) is 0 Å². The number of anilines is 1. The lowest BCUT2D eigenvalue weighted by Gasteiger charge is -2.25. The van der Waals surface area contributed by atoms with Crippen molar-refractivity contribution in [1.29, 1.82) is 0 Å². The molecule has 0 bridgehead atoms. The van der Waals surface area contributed by atoms with Gasteiger partial charge in [-0.15, -0.1) is 0 Å². The van der Waals surface area contributed by atoms with E-state index in [0.717, 1.165) is 19.3 Å². The van der Waals surface area contributed by atoms with Gasteiger partial charge in [0.05, 0.1) is 6.42 Å². The number of amides is 3. The molecule has 1 aromatic rings. The van der Waals surface area contributed by atoms with Gasteiger partial charge < -0.3 is 10.2 Å². The quantitative estimate of drug-likeness (QED) is 0.487. The van der Waals surface area contributed by atoms with E-state index in [2.05, 4.69) is 15.8 Å². The molecule has 2 N–H and O–H groups in total. The van der Waals surface area contributed by atoms with E-state index in [-0.39, 0.29) is 12.3 Å². The molecule has 8 heteroatoms. The zero-order valence-electron chi connectivity index (χ0n) is 14.0. The van der Waals surface area contributed by atoms with Crippen LogP contribution in [-0.2, 0) is 14.4 Å². The van der Waals surface area contributed by atoms with E-state index in [1.807, 2.05) is 0 Å². The fraction of sp³-hybridized carbons (Fsp3) is 0.412. The molecule has 0 aromatic heterocycles. The summed E-state index contributed by atoms with van der Waals surface area (Å²) in [4.78, 5) is 37.2. The second-order valence-corrected chi connectivity index (χ2v) is 6.31. The Morgan fingerprint density at radius 2 is 1.76 bits per heavy atom. The van der Waals surface area contributed by atoms with Crippen LogP contribution in [0.5, 0.6) is 0 Å². The van der Waals surface area contributed by atoms with Crippen molar-refractivity contribution in [2.45, 2.75) is 32.6 Å². The van der Waals surface area contributed by atoms with Gasteiger partial charge in [0, 0.05) is 29.5 Å². The number of nitrogens with one attached hydrogen (secondary N) is 2. The van der Waals surface area contributed by atoms with Crippen molar-refractivity contribution in [2.75, 3.05) is 18.4 Å². The fourth-order valence-corrected chi connectivity index (χ4v) is 2.57. The summed E-state index contributed by atoms with van der Waals surface area (Å²) in [7, 11) is 0. The van der Waals surface area contributed by atoms with Crippen molar-refractivity contribution >= 4 is 40.7 Å². The molecule has 1 heterocycles. The number of nitrogens with zero attached hydrogens (tertiary/aromatic N) is 2. The standard InChI is InChI=1S/C17H21ClN4O3/c1-12(11-15(23)19-14-7-5-13(18)6-8-14)20-21-16(24)17(25)22-9-3-2-4-10-22/h5-8H,2-4,9-11H2,1H3,(H,19,23)(H,21,24). The van der Waals surface area contributed by atoms with Crippen LogP contribution < -0.4 is 10.7 Å². The highest BCUT2D eigenvalue weighted by Crippen LogP contribution is 2.13. The average molecular weight is 365 g/mol. The molecular weight excluding hydrogens is 344 g/mol. The molecule has 3 amide bonds. The Labute approximate surface area is 151 Å². The second kappa shape index (κ2) is 9.17. The molecule has 7 nitrogen and oxygen atoms in total. The number of hydrogen-bond acceptors (Lipinski definition) is 4. The minimum Gasteiger partial charge on any atom is -0.334 e. The Morgan fingerprint density at radius 1 is 1.12 bits per heavy atom. The zero-order chi connectivity index (χ0) is 18.2. The maximum atomic E-state index is 12.0. The monoisotopic (exact) mass is 364 g/mol. The molecule has 0 aliphatic carbocycles. The summed E-state index contributed by atoms with van der Waals surface area (Å²) >= 11 is 5.78. The number of piperidine rings is 1. The second-order valence-electron chi connectivity index (χ2n) is 5.87. The van der Waals surface area contributed by atoms with Gasteiger partial charge in [-0.1, -0.05) is 11.6 Å². The first-order valence-corrected chi connectivity index (χ1v) is 8.51. The number of hydrazone groups is 1. The van der Waals surface area contributed by atoms with Crippen molar-refractivity contribution in [3.63, 3.8) is 0 Å². The first-order chi connectivity index (χ1) is 12.0. The van der Waals surface area contributed by atoms with E-state index >= 15 is 0 Å². The molecule has 0 saturated carbocycles. The number of carbonyl (C=O) groups is 3. The van der Waals surface area contributed by atoms with Crippen molar-refractivity contribution in [3.05, 3.63) is 29.3 Å². The highest BCUT2D eigenvalue weighted by Gasteiger charge is 2.23. The van der Waals surface area contributed by atoms with Gasteiger partial charge in [-0.05, 0) is 50.5 Å². The Kier molecular flexibility index (Phi) is 6.94. The SMILES string of the molecule is CC(CC(=O)Nc1ccc(Cl)cc1)=NNC(=O)C(=O)N1CCCCC1. The van der Waals surface area contributed by atoms with E-state index in [4.69, 9.17) is 11.6 Å². The molecule has 0 unspecified atom stereocenters.